The number of ether oxygens (including phenoxy) is 4. The van der Waals surface area contributed by atoms with E-state index in [9.17, 15) is 9.59 Å². The Labute approximate surface area is 208 Å². The van der Waals surface area contributed by atoms with E-state index >= 15 is 0 Å². The number of carbonyl (C=O) groups excluding carboxylic acids is 2. The van der Waals surface area contributed by atoms with E-state index in [-0.39, 0.29) is 24.5 Å². The first kappa shape index (κ1) is 23.1. The van der Waals surface area contributed by atoms with Gasteiger partial charge in [-0.15, -0.1) is 0 Å². The van der Waals surface area contributed by atoms with Crippen LogP contribution in [-0.2, 0) is 11.3 Å². The molecule has 0 bridgehead atoms. The molecule has 0 aliphatic carbocycles. The van der Waals surface area contributed by atoms with Gasteiger partial charge in [0.2, 0.25) is 6.79 Å². The number of hydrogen-bond acceptors (Lipinski definition) is 7. The van der Waals surface area contributed by atoms with Crippen molar-refractivity contribution in [2.75, 3.05) is 20.0 Å². The van der Waals surface area contributed by atoms with Gasteiger partial charge in [-0.2, -0.15) is 0 Å². The van der Waals surface area contributed by atoms with Crippen LogP contribution in [0.2, 0.25) is 5.02 Å². The van der Waals surface area contributed by atoms with Crippen molar-refractivity contribution in [3.63, 3.8) is 0 Å². The maximum atomic E-state index is 13.0. The first-order valence-electron chi connectivity index (χ1n) is 9.83. The van der Waals surface area contributed by atoms with Crippen molar-refractivity contribution in [1.82, 2.24) is 4.90 Å². The fourth-order valence-corrected chi connectivity index (χ4v) is 5.09. The van der Waals surface area contributed by atoms with Crippen LogP contribution in [-0.4, -0.2) is 36.1 Å². The van der Waals surface area contributed by atoms with Gasteiger partial charge in [0.25, 0.3) is 11.1 Å². The smallest absolute Gasteiger partial charge is 0.293 e. The summed E-state index contributed by atoms with van der Waals surface area (Å²) in [5.74, 6) is 1.97. The van der Waals surface area contributed by atoms with Gasteiger partial charge in [0.05, 0.1) is 28.2 Å². The Morgan fingerprint density at radius 2 is 1.84 bits per heavy atom. The number of rotatable bonds is 7. The highest BCUT2D eigenvalue weighted by atomic mass is 127. The highest BCUT2D eigenvalue weighted by Gasteiger charge is 2.36. The third-order valence-corrected chi connectivity index (χ3v) is 6.72. The van der Waals surface area contributed by atoms with E-state index in [0.717, 1.165) is 20.9 Å². The molecule has 2 amide bonds. The molecular weight excluding hydrogens is 569 g/mol. The molecule has 0 unspecified atom stereocenters. The van der Waals surface area contributed by atoms with Crippen LogP contribution in [0.3, 0.4) is 0 Å². The lowest BCUT2D eigenvalue weighted by Gasteiger charge is -2.14. The predicted molar refractivity (Wildman–Crippen MR) is 131 cm³/mol. The largest absolute Gasteiger partial charge is 0.490 e. The van der Waals surface area contributed by atoms with Gasteiger partial charge in [0.15, 0.2) is 23.0 Å². The molecule has 0 N–H and O–H groups in total. The van der Waals surface area contributed by atoms with E-state index in [1.54, 1.807) is 24.3 Å². The minimum atomic E-state index is -0.379. The molecule has 4 rings (SSSR count). The number of fused-ring (bicyclic) bond motifs is 1. The molecule has 2 aromatic rings. The number of nitrogens with zero attached hydrogens (tertiary/aromatic N) is 1. The molecule has 2 heterocycles. The lowest BCUT2D eigenvalue weighted by atomic mass is 10.1. The molecule has 7 nitrogen and oxygen atoms in total. The molecule has 0 atom stereocenters. The Morgan fingerprint density at radius 1 is 1.12 bits per heavy atom. The van der Waals surface area contributed by atoms with E-state index in [0.29, 0.717) is 51.7 Å². The molecule has 0 radical (unpaired) electrons. The molecule has 2 aliphatic rings. The van der Waals surface area contributed by atoms with E-state index < -0.39 is 0 Å². The zero-order valence-corrected chi connectivity index (χ0v) is 21.0. The highest BCUT2D eigenvalue weighted by Crippen LogP contribution is 2.40. The fraction of sp³-hybridized carbons (Fsp3) is 0.273. The topological polar surface area (TPSA) is 74.3 Å². The van der Waals surface area contributed by atoms with Crippen LogP contribution in [0.25, 0.3) is 6.08 Å². The number of carbonyl (C=O) groups is 2. The summed E-state index contributed by atoms with van der Waals surface area (Å²) in [6.07, 6.45) is 1.69. The molecule has 2 aliphatic heterocycles. The third-order valence-electron chi connectivity index (χ3n) is 4.66. The molecule has 0 saturated carbocycles. The van der Waals surface area contributed by atoms with Crippen molar-refractivity contribution in [2.45, 2.75) is 20.4 Å². The SMILES string of the molecule is CCOc1cc(/C=C2/SC(=O)N(Cc3cc4c(cc3Cl)OCO4)C2=O)cc(I)c1OCC. The van der Waals surface area contributed by atoms with Crippen molar-refractivity contribution >= 4 is 63.2 Å². The average molecular weight is 588 g/mol. The fourth-order valence-electron chi connectivity index (χ4n) is 3.26. The number of thioether (sulfide) groups is 1. The summed E-state index contributed by atoms with van der Waals surface area (Å²) in [6, 6.07) is 7.02. The Hall–Kier alpha value is -2.11. The molecule has 1 saturated heterocycles. The monoisotopic (exact) mass is 587 g/mol. The average Bonchev–Trinajstić information content (AvgIpc) is 3.30. The standard InChI is InChI=1S/C22H19ClINO6S/c1-3-28-18-6-12(5-15(24)20(18)29-4-2)7-19-21(26)25(22(27)32-19)10-13-8-16-17(9-14(13)23)31-11-30-16/h5-9H,3-4,10-11H2,1-2H3/b19-7+. The van der Waals surface area contributed by atoms with Crippen LogP contribution in [0, 0.1) is 3.57 Å². The lowest BCUT2D eigenvalue weighted by Crippen LogP contribution is -2.27. The zero-order valence-electron chi connectivity index (χ0n) is 17.3. The van der Waals surface area contributed by atoms with Gasteiger partial charge in [-0.25, -0.2) is 0 Å². The lowest BCUT2D eigenvalue weighted by molar-refractivity contribution is -0.123. The second-order valence-corrected chi connectivity index (χ2v) is 9.32. The summed E-state index contributed by atoms with van der Waals surface area (Å²) in [5.41, 5.74) is 1.35. The number of hydrogen-bond donors (Lipinski definition) is 0. The minimum absolute atomic E-state index is 0.0441. The molecular formula is C22H19ClINO6S. The van der Waals surface area contributed by atoms with Crippen LogP contribution in [0.1, 0.15) is 25.0 Å². The molecule has 32 heavy (non-hydrogen) atoms. The predicted octanol–water partition coefficient (Wildman–Crippen LogP) is 5.71. The van der Waals surface area contributed by atoms with Gasteiger partial charge >= 0.3 is 0 Å². The quantitative estimate of drug-likeness (QED) is 0.304. The van der Waals surface area contributed by atoms with Crippen molar-refractivity contribution in [3.8, 4) is 23.0 Å². The Morgan fingerprint density at radius 3 is 2.56 bits per heavy atom. The van der Waals surface area contributed by atoms with Gasteiger partial charge in [-0.1, -0.05) is 11.6 Å². The van der Waals surface area contributed by atoms with Crippen LogP contribution >= 0.6 is 46.0 Å². The molecule has 0 spiro atoms. The van der Waals surface area contributed by atoms with Crippen LogP contribution in [0.5, 0.6) is 23.0 Å². The molecule has 0 aromatic heterocycles. The summed E-state index contributed by atoms with van der Waals surface area (Å²) >= 11 is 9.38. The first-order valence-corrected chi connectivity index (χ1v) is 12.1. The maximum Gasteiger partial charge on any atom is 0.293 e. The summed E-state index contributed by atoms with van der Waals surface area (Å²) in [7, 11) is 0. The van der Waals surface area contributed by atoms with Gasteiger partial charge < -0.3 is 18.9 Å². The Kier molecular flexibility index (Phi) is 7.06. The number of amides is 2. The van der Waals surface area contributed by atoms with Gasteiger partial charge in [-0.05, 0) is 83.6 Å². The normalized spacial score (nSPS) is 16.2. The van der Waals surface area contributed by atoms with Crippen molar-refractivity contribution in [1.29, 1.82) is 0 Å². The second kappa shape index (κ2) is 9.80. The van der Waals surface area contributed by atoms with E-state index in [2.05, 4.69) is 22.6 Å². The summed E-state index contributed by atoms with van der Waals surface area (Å²) in [4.78, 5) is 27.1. The first-order chi connectivity index (χ1) is 15.4. The maximum absolute atomic E-state index is 13.0. The van der Waals surface area contributed by atoms with Gasteiger partial charge in [0.1, 0.15) is 0 Å². The Balaban J connectivity index is 1.59. The van der Waals surface area contributed by atoms with E-state index in [4.69, 9.17) is 30.5 Å². The molecule has 10 heteroatoms. The van der Waals surface area contributed by atoms with Gasteiger partial charge in [-0.3, -0.25) is 14.5 Å². The van der Waals surface area contributed by atoms with Crippen LogP contribution < -0.4 is 18.9 Å². The highest BCUT2D eigenvalue weighted by molar-refractivity contribution is 14.1. The van der Waals surface area contributed by atoms with Crippen LogP contribution in [0.4, 0.5) is 4.79 Å². The van der Waals surface area contributed by atoms with Crippen LogP contribution in [0.15, 0.2) is 29.2 Å². The zero-order chi connectivity index (χ0) is 22.8. The second-order valence-electron chi connectivity index (χ2n) is 6.76. The third kappa shape index (κ3) is 4.65. The van der Waals surface area contributed by atoms with E-state index in [1.165, 1.54) is 4.90 Å². The van der Waals surface area contributed by atoms with Gasteiger partial charge in [0, 0.05) is 11.1 Å². The molecule has 2 aromatic carbocycles. The van der Waals surface area contributed by atoms with Crippen molar-refractivity contribution in [3.05, 3.63) is 48.9 Å². The van der Waals surface area contributed by atoms with Crippen molar-refractivity contribution < 1.29 is 28.5 Å². The van der Waals surface area contributed by atoms with E-state index in [1.807, 2.05) is 19.9 Å². The summed E-state index contributed by atoms with van der Waals surface area (Å²) in [5, 5.41) is 0.0420. The molecule has 168 valence electrons. The number of imide groups is 1. The van der Waals surface area contributed by atoms with Crippen molar-refractivity contribution in [2.24, 2.45) is 0 Å². The summed E-state index contributed by atoms with van der Waals surface area (Å²) in [6.45, 7) is 4.94. The molecule has 1 fully saturated rings. The minimum Gasteiger partial charge on any atom is -0.490 e. The number of benzene rings is 2. The number of halogens is 2. The Bertz CT molecular complexity index is 1120. The summed E-state index contributed by atoms with van der Waals surface area (Å²) < 4.78 is 22.9.